The minimum absolute atomic E-state index is 0.0102. The fraction of sp³-hybridized carbons (Fsp3) is 0.469. The van der Waals surface area contributed by atoms with E-state index in [2.05, 4.69) is 20.6 Å². The van der Waals surface area contributed by atoms with E-state index in [1.165, 1.54) is 20.3 Å². The fourth-order valence-electron chi connectivity index (χ4n) is 11.0. The molecule has 340 valence electrons. The van der Waals surface area contributed by atoms with Crippen molar-refractivity contribution in [2.24, 2.45) is 23.2 Å². The summed E-state index contributed by atoms with van der Waals surface area (Å²) in [6, 6.07) is 13.8. The van der Waals surface area contributed by atoms with Gasteiger partial charge in [-0.15, -0.1) is 0 Å². The molecule has 0 radical (unpaired) electrons. The second-order valence-electron chi connectivity index (χ2n) is 19.4. The minimum atomic E-state index is -3.29. The van der Waals surface area contributed by atoms with E-state index in [4.69, 9.17) is 19.4 Å². The number of piperidine rings is 1. The average molecular weight is 889 g/mol. The van der Waals surface area contributed by atoms with Crippen LogP contribution in [0, 0.1) is 23.2 Å². The minimum Gasteiger partial charge on any atom is -0.453 e. The smallest absolute Gasteiger partial charge is 0.407 e. The van der Waals surface area contributed by atoms with E-state index in [0.29, 0.717) is 51.7 Å². The highest BCUT2D eigenvalue weighted by Gasteiger charge is 2.56. The van der Waals surface area contributed by atoms with Crippen LogP contribution in [0.4, 0.5) is 18.4 Å². The second kappa shape index (κ2) is 15.7. The molecule has 4 heterocycles. The number of likely N-dealkylation sites (tertiary alicyclic amines) is 2. The summed E-state index contributed by atoms with van der Waals surface area (Å²) in [5.41, 5.74) is 4.68. The number of hydrogen-bond acceptors (Lipinski definition) is 8. The lowest BCUT2D eigenvalue weighted by molar-refractivity contribution is -0.139. The maximum atomic E-state index is 16.7. The van der Waals surface area contributed by atoms with Crippen LogP contribution in [0.15, 0.2) is 60.8 Å². The van der Waals surface area contributed by atoms with Crippen LogP contribution in [0.3, 0.4) is 0 Å². The maximum Gasteiger partial charge on any atom is 0.407 e. The largest absolute Gasteiger partial charge is 0.453 e. The molecule has 14 nitrogen and oxygen atoms in total. The molecule has 2 bridgehead atoms. The van der Waals surface area contributed by atoms with Crippen LogP contribution >= 0.6 is 0 Å². The quantitative estimate of drug-likeness (QED) is 0.108. The molecule has 6 atom stereocenters. The van der Waals surface area contributed by atoms with Gasteiger partial charge >= 0.3 is 12.2 Å². The Hall–Kier alpha value is -6.32. The van der Waals surface area contributed by atoms with E-state index in [1.54, 1.807) is 29.3 Å². The van der Waals surface area contributed by atoms with Crippen LogP contribution in [-0.2, 0) is 25.0 Å². The third-order valence-corrected chi connectivity index (χ3v) is 14.7. The molecule has 4 unspecified atom stereocenters. The highest BCUT2D eigenvalue weighted by molar-refractivity contribution is 5.89. The first-order valence-electron chi connectivity index (χ1n) is 22.6. The van der Waals surface area contributed by atoms with Crippen LogP contribution in [0.25, 0.3) is 44.5 Å². The van der Waals surface area contributed by atoms with E-state index in [0.717, 1.165) is 49.6 Å². The highest BCUT2D eigenvalue weighted by atomic mass is 19.3. The van der Waals surface area contributed by atoms with E-state index in [9.17, 15) is 19.2 Å². The molecule has 2 aromatic heterocycles. The number of aromatic amines is 2. The third kappa shape index (κ3) is 7.19. The molecule has 4 fully saturated rings. The van der Waals surface area contributed by atoms with Crippen LogP contribution in [0.1, 0.15) is 101 Å². The van der Waals surface area contributed by atoms with Crippen molar-refractivity contribution in [1.29, 1.82) is 0 Å². The van der Waals surface area contributed by atoms with Gasteiger partial charge < -0.3 is 39.9 Å². The number of carbonyl (C=O) groups excluding carboxylic acids is 4. The molecule has 4 N–H and O–H groups in total. The maximum absolute atomic E-state index is 16.7. The lowest BCUT2D eigenvalue weighted by Crippen LogP contribution is -2.54. The summed E-state index contributed by atoms with van der Waals surface area (Å²) in [6.45, 7) is 8.09. The van der Waals surface area contributed by atoms with Gasteiger partial charge in [0.25, 0.3) is 5.92 Å². The number of H-pyrrole nitrogens is 2. The third-order valence-electron chi connectivity index (χ3n) is 14.7. The normalized spacial score (nSPS) is 22.9. The van der Waals surface area contributed by atoms with Crippen molar-refractivity contribution in [3.05, 3.63) is 83.6 Å². The molecule has 3 aromatic carbocycles. The van der Waals surface area contributed by atoms with Gasteiger partial charge in [-0.2, -0.15) is 8.78 Å². The molecule has 16 heteroatoms. The number of rotatable bonds is 10. The van der Waals surface area contributed by atoms with E-state index >= 15 is 8.78 Å². The van der Waals surface area contributed by atoms with Crippen molar-refractivity contribution in [1.82, 2.24) is 40.4 Å². The molecule has 5 aromatic rings. The van der Waals surface area contributed by atoms with Crippen molar-refractivity contribution < 1.29 is 37.4 Å². The van der Waals surface area contributed by atoms with Crippen molar-refractivity contribution >= 4 is 35.0 Å². The molecule has 2 saturated heterocycles. The zero-order valence-electron chi connectivity index (χ0n) is 37.3. The Labute approximate surface area is 375 Å². The number of benzene rings is 3. The summed E-state index contributed by atoms with van der Waals surface area (Å²) in [5.74, 6) is -2.53. The molecule has 65 heavy (non-hydrogen) atoms. The fourth-order valence-corrected chi connectivity index (χ4v) is 11.0. The summed E-state index contributed by atoms with van der Waals surface area (Å²) < 4.78 is 43.0. The van der Waals surface area contributed by atoms with Gasteiger partial charge in [0.05, 0.1) is 49.2 Å². The molecule has 5 aliphatic rings. The number of aromatic nitrogens is 4. The summed E-state index contributed by atoms with van der Waals surface area (Å²) in [7, 11) is 2.54. The topological polar surface area (TPSA) is 175 Å². The van der Waals surface area contributed by atoms with Crippen LogP contribution in [-0.4, -0.2) is 92.6 Å². The predicted octanol–water partition coefficient (Wildman–Crippen LogP) is 8.61. The Morgan fingerprint density at radius 3 is 2.05 bits per heavy atom. The Morgan fingerprint density at radius 1 is 0.785 bits per heavy atom. The number of methoxy groups -OCH3 is 2. The first-order valence-corrected chi connectivity index (χ1v) is 22.6. The zero-order valence-corrected chi connectivity index (χ0v) is 37.3. The Balaban J connectivity index is 0.896. The summed E-state index contributed by atoms with van der Waals surface area (Å²) >= 11 is 0. The summed E-state index contributed by atoms with van der Waals surface area (Å²) in [4.78, 5) is 72.6. The number of alkyl halides is 2. The SMILES string of the molecule is COC(=O)NC(C(=O)N1C2CCC(C2)C1c1nc2ccc(-c3ccc4c(c3)C(F)(F)c3cc(-c5cnc([C@@H]6CC7(CC7)CN6C(=O)[C@@H](NC(=O)OC)C(C)C)[nH]5)ccc3-4)cc2[nH]1)C(C)C. The second-order valence-corrected chi connectivity index (χ2v) is 19.4. The van der Waals surface area contributed by atoms with Crippen molar-refractivity contribution in [2.75, 3.05) is 20.8 Å². The predicted molar refractivity (Wildman–Crippen MR) is 237 cm³/mol. The molecule has 10 rings (SSSR count). The molecular formula is C49H54F2N8O6. The average Bonchev–Trinajstić information content (AvgIpc) is 3.95. The van der Waals surface area contributed by atoms with Gasteiger partial charge in [0.1, 0.15) is 23.7 Å². The number of amides is 4. The van der Waals surface area contributed by atoms with E-state index in [-0.39, 0.29) is 64.2 Å². The van der Waals surface area contributed by atoms with Crippen molar-refractivity contribution in [2.45, 2.75) is 102 Å². The lowest BCUT2D eigenvalue weighted by Gasteiger charge is -2.37. The van der Waals surface area contributed by atoms with Crippen LogP contribution in [0.2, 0.25) is 0 Å². The highest BCUT2D eigenvalue weighted by Crippen LogP contribution is 2.59. The van der Waals surface area contributed by atoms with E-state index in [1.807, 2.05) is 62.9 Å². The molecular weight excluding hydrogens is 835 g/mol. The van der Waals surface area contributed by atoms with Crippen LogP contribution < -0.4 is 10.6 Å². The van der Waals surface area contributed by atoms with Gasteiger partial charge in [0.2, 0.25) is 11.8 Å². The van der Waals surface area contributed by atoms with Gasteiger partial charge in [-0.3, -0.25) is 9.59 Å². The zero-order chi connectivity index (χ0) is 45.7. The Morgan fingerprint density at radius 2 is 1.40 bits per heavy atom. The van der Waals surface area contributed by atoms with E-state index < -0.39 is 30.2 Å². The molecule has 3 aliphatic carbocycles. The molecule has 1 spiro atoms. The summed E-state index contributed by atoms with van der Waals surface area (Å²) in [5, 5.41) is 5.43. The number of imidazole rings is 2. The van der Waals surface area contributed by atoms with Gasteiger partial charge in [-0.05, 0) is 108 Å². The monoisotopic (exact) mass is 888 g/mol. The van der Waals surface area contributed by atoms with Gasteiger partial charge in [0.15, 0.2) is 0 Å². The lowest BCUT2D eigenvalue weighted by atomic mass is 9.95. The number of nitrogens with zero attached hydrogens (tertiary/aromatic N) is 4. The molecule has 2 saturated carbocycles. The molecule has 2 aliphatic heterocycles. The van der Waals surface area contributed by atoms with Gasteiger partial charge in [0, 0.05) is 29.3 Å². The standard InChI is InChI=1S/C49H54F2N8O6/c1-24(2)39(56-46(62)64-5)44(60)58-23-48(15-16-48)21-38(58)42-52-22-37(55-42)28-9-13-32-31-12-8-26(18-33(31)49(50,51)34(32)19-28)27-10-14-35-36(20-27)54-43(53-35)41-29-7-11-30(17-29)59(41)45(61)40(25(3)4)57-47(63)65-6/h8-10,12-14,18-20,22,24-25,29-30,38-41H,7,11,15-17,21,23H2,1-6H3,(H,52,55)(H,53,54)(H,56,62)(H,57,63)/t29?,30?,38-,39-,40?,41?/m0/s1. The Bertz CT molecular complexity index is 2740. The summed E-state index contributed by atoms with van der Waals surface area (Å²) in [6.07, 6.45) is 5.75. The first-order chi connectivity index (χ1) is 31.1. The molecule has 4 amide bonds. The number of alkyl carbamates (subject to hydrolysis) is 2. The number of ether oxygens (including phenoxy) is 2. The first kappa shape index (κ1) is 42.6. The number of nitrogens with one attached hydrogen (secondary N) is 4. The van der Waals surface area contributed by atoms with Gasteiger partial charge in [-0.1, -0.05) is 58.0 Å². The van der Waals surface area contributed by atoms with Crippen molar-refractivity contribution in [3.63, 3.8) is 0 Å². The number of hydrogen-bond donors (Lipinski definition) is 4. The number of carbonyl (C=O) groups is 4. The number of halogens is 2. The van der Waals surface area contributed by atoms with Gasteiger partial charge in [-0.25, -0.2) is 19.6 Å². The van der Waals surface area contributed by atoms with Crippen molar-refractivity contribution in [3.8, 4) is 33.5 Å². The number of fused-ring (bicyclic) bond motifs is 6. The Kier molecular flexibility index (Phi) is 10.3. The van der Waals surface area contributed by atoms with Crippen LogP contribution in [0.5, 0.6) is 0 Å².